The first-order valence-corrected chi connectivity index (χ1v) is 10.2. The van der Waals surface area contributed by atoms with E-state index >= 15 is 0 Å². The van der Waals surface area contributed by atoms with Crippen molar-refractivity contribution in [3.8, 4) is 5.75 Å². The molecule has 7 nitrogen and oxygen atoms in total. The smallest absolute Gasteiger partial charge is 0.251 e. The lowest BCUT2D eigenvalue weighted by Gasteiger charge is -2.37. The van der Waals surface area contributed by atoms with Crippen LogP contribution in [-0.2, 0) is 0 Å². The Morgan fingerprint density at radius 1 is 1.03 bits per heavy atom. The maximum absolute atomic E-state index is 13.1. The highest BCUT2D eigenvalue weighted by Crippen LogP contribution is 2.17. The van der Waals surface area contributed by atoms with Gasteiger partial charge < -0.3 is 25.5 Å². The van der Waals surface area contributed by atoms with E-state index in [1.807, 2.05) is 6.92 Å². The van der Waals surface area contributed by atoms with E-state index in [1.165, 1.54) is 24.3 Å². The van der Waals surface area contributed by atoms with Crippen LogP contribution in [0.3, 0.4) is 0 Å². The molecule has 2 aromatic rings. The van der Waals surface area contributed by atoms with Crippen LogP contribution in [0, 0.1) is 5.82 Å². The number of guanidine groups is 1. The zero-order chi connectivity index (χ0) is 21.3. The number of phenolic OH excluding ortho intramolecular Hbond substituents is 1. The molecule has 3 rings (SSSR count). The molecule has 168 valence electrons. The van der Waals surface area contributed by atoms with Crippen LogP contribution < -0.4 is 15.5 Å². The SMILES string of the molecule is CCNC(=NCCNC(=O)c1ccc(O)cc1)N1CCN(c2ccc(F)cc2)CC1.I. The van der Waals surface area contributed by atoms with Crippen LogP contribution in [0.2, 0.25) is 0 Å². The first-order valence-electron chi connectivity index (χ1n) is 10.2. The zero-order valence-electron chi connectivity index (χ0n) is 17.6. The first-order chi connectivity index (χ1) is 14.6. The van der Waals surface area contributed by atoms with Gasteiger partial charge in [-0.3, -0.25) is 9.79 Å². The molecule has 31 heavy (non-hydrogen) atoms. The Morgan fingerprint density at radius 2 is 1.68 bits per heavy atom. The molecule has 1 aliphatic rings. The number of amides is 1. The van der Waals surface area contributed by atoms with Crippen molar-refractivity contribution < 1.29 is 14.3 Å². The average Bonchev–Trinajstić information content (AvgIpc) is 2.77. The van der Waals surface area contributed by atoms with E-state index in [4.69, 9.17) is 0 Å². The zero-order valence-corrected chi connectivity index (χ0v) is 19.9. The molecule has 1 fully saturated rings. The second-order valence-electron chi connectivity index (χ2n) is 6.99. The molecule has 0 unspecified atom stereocenters. The van der Waals surface area contributed by atoms with Gasteiger partial charge >= 0.3 is 0 Å². The van der Waals surface area contributed by atoms with Crippen molar-refractivity contribution >= 4 is 41.5 Å². The van der Waals surface area contributed by atoms with E-state index in [-0.39, 0.29) is 41.5 Å². The number of aromatic hydroxyl groups is 1. The predicted octanol–water partition coefficient (Wildman–Crippen LogP) is 2.67. The van der Waals surface area contributed by atoms with Crippen LogP contribution in [-0.4, -0.2) is 67.7 Å². The average molecular weight is 541 g/mol. The van der Waals surface area contributed by atoms with E-state index in [1.54, 1.807) is 24.3 Å². The number of benzene rings is 2. The lowest BCUT2D eigenvalue weighted by Crippen LogP contribution is -2.52. The molecule has 0 aromatic heterocycles. The van der Waals surface area contributed by atoms with Crippen molar-refractivity contribution in [2.45, 2.75) is 6.92 Å². The molecular formula is C22H29FIN5O2. The molecule has 1 amide bonds. The Labute approximate surface area is 199 Å². The van der Waals surface area contributed by atoms with Gasteiger partial charge in [0.25, 0.3) is 5.91 Å². The number of carbonyl (C=O) groups is 1. The topological polar surface area (TPSA) is 80.2 Å². The number of nitrogens with zero attached hydrogens (tertiary/aromatic N) is 3. The van der Waals surface area contributed by atoms with Gasteiger partial charge in [-0.25, -0.2) is 4.39 Å². The minimum absolute atomic E-state index is 0. The predicted molar refractivity (Wildman–Crippen MR) is 132 cm³/mol. The molecule has 0 radical (unpaired) electrons. The van der Waals surface area contributed by atoms with Crippen molar-refractivity contribution in [1.82, 2.24) is 15.5 Å². The second-order valence-corrected chi connectivity index (χ2v) is 6.99. The van der Waals surface area contributed by atoms with Gasteiger partial charge in [-0.15, -0.1) is 24.0 Å². The van der Waals surface area contributed by atoms with Crippen molar-refractivity contribution in [2.24, 2.45) is 4.99 Å². The van der Waals surface area contributed by atoms with Crippen LogP contribution >= 0.6 is 24.0 Å². The van der Waals surface area contributed by atoms with Gasteiger partial charge in [0.1, 0.15) is 11.6 Å². The maximum Gasteiger partial charge on any atom is 0.251 e. The molecule has 3 N–H and O–H groups in total. The third-order valence-electron chi connectivity index (χ3n) is 4.89. The van der Waals surface area contributed by atoms with E-state index in [0.29, 0.717) is 18.7 Å². The minimum Gasteiger partial charge on any atom is -0.508 e. The number of phenols is 1. The molecule has 0 atom stereocenters. The van der Waals surface area contributed by atoms with Crippen molar-refractivity contribution in [2.75, 3.05) is 50.7 Å². The fourth-order valence-corrected chi connectivity index (χ4v) is 3.30. The fourth-order valence-electron chi connectivity index (χ4n) is 3.30. The quantitative estimate of drug-likeness (QED) is 0.227. The first kappa shape index (κ1) is 24.7. The van der Waals surface area contributed by atoms with Crippen LogP contribution in [0.1, 0.15) is 17.3 Å². The normalized spacial score (nSPS) is 14.1. The van der Waals surface area contributed by atoms with E-state index in [0.717, 1.165) is 44.4 Å². The summed E-state index contributed by atoms with van der Waals surface area (Å²) in [4.78, 5) is 21.2. The third kappa shape index (κ3) is 7.27. The molecule has 0 bridgehead atoms. The fraction of sp³-hybridized carbons (Fsp3) is 0.364. The lowest BCUT2D eigenvalue weighted by molar-refractivity contribution is 0.0954. The number of halogens is 2. The van der Waals surface area contributed by atoms with Gasteiger partial charge in [0.15, 0.2) is 5.96 Å². The molecule has 2 aromatic carbocycles. The highest BCUT2D eigenvalue weighted by Gasteiger charge is 2.19. The van der Waals surface area contributed by atoms with E-state index in [9.17, 15) is 14.3 Å². The second kappa shape index (κ2) is 12.3. The van der Waals surface area contributed by atoms with Crippen LogP contribution in [0.25, 0.3) is 0 Å². The molecule has 9 heteroatoms. The summed E-state index contributed by atoms with van der Waals surface area (Å²) in [6.07, 6.45) is 0. The summed E-state index contributed by atoms with van der Waals surface area (Å²) < 4.78 is 13.1. The molecule has 1 saturated heterocycles. The molecule has 1 heterocycles. The number of hydrogen-bond acceptors (Lipinski definition) is 4. The number of carbonyl (C=O) groups excluding carboxylic acids is 1. The van der Waals surface area contributed by atoms with Crippen molar-refractivity contribution in [3.63, 3.8) is 0 Å². The molecule has 0 saturated carbocycles. The number of anilines is 1. The van der Waals surface area contributed by atoms with Crippen molar-refractivity contribution in [3.05, 3.63) is 59.9 Å². The molecule has 0 spiro atoms. The standard InChI is InChI=1S/C22H28FN5O2.HI/c1-2-24-22(26-12-11-25-21(30)17-3-9-20(29)10-4-17)28-15-13-27(14-16-28)19-7-5-18(23)6-8-19;/h3-10,29H,2,11-16H2,1H3,(H,24,26)(H,25,30);1H. The van der Waals surface area contributed by atoms with Gasteiger partial charge in [-0.05, 0) is 55.5 Å². The van der Waals surface area contributed by atoms with Crippen molar-refractivity contribution in [1.29, 1.82) is 0 Å². The van der Waals surface area contributed by atoms with E-state index in [2.05, 4.69) is 25.4 Å². The van der Waals surface area contributed by atoms with Crippen LogP contribution in [0.4, 0.5) is 10.1 Å². The largest absolute Gasteiger partial charge is 0.508 e. The highest BCUT2D eigenvalue weighted by molar-refractivity contribution is 14.0. The third-order valence-corrected chi connectivity index (χ3v) is 4.89. The lowest BCUT2D eigenvalue weighted by atomic mass is 10.2. The molecule has 0 aliphatic carbocycles. The summed E-state index contributed by atoms with van der Waals surface area (Å²) in [6, 6.07) is 12.7. The van der Waals surface area contributed by atoms with Gasteiger partial charge in [-0.1, -0.05) is 0 Å². The number of piperazine rings is 1. The Hall–Kier alpha value is -2.56. The van der Waals surface area contributed by atoms with Crippen LogP contribution in [0.15, 0.2) is 53.5 Å². The van der Waals surface area contributed by atoms with Gasteiger partial charge in [-0.2, -0.15) is 0 Å². The van der Waals surface area contributed by atoms with Gasteiger partial charge in [0.05, 0.1) is 6.54 Å². The number of rotatable bonds is 6. The summed E-state index contributed by atoms with van der Waals surface area (Å²) in [6.45, 7) is 6.94. The summed E-state index contributed by atoms with van der Waals surface area (Å²) in [7, 11) is 0. The number of nitrogens with one attached hydrogen (secondary N) is 2. The summed E-state index contributed by atoms with van der Waals surface area (Å²) >= 11 is 0. The molecule has 1 aliphatic heterocycles. The summed E-state index contributed by atoms with van der Waals surface area (Å²) in [5.41, 5.74) is 1.52. The van der Waals surface area contributed by atoms with Crippen LogP contribution in [0.5, 0.6) is 5.75 Å². The Morgan fingerprint density at radius 3 is 2.29 bits per heavy atom. The number of aliphatic imine (C=N–C) groups is 1. The Bertz CT molecular complexity index is 853. The highest BCUT2D eigenvalue weighted by atomic mass is 127. The summed E-state index contributed by atoms with van der Waals surface area (Å²) in [5, 5.41) is 15.4. The minimum atomic E-state index is -0.226. The number of hydrogen-bond donors (Lipinski definition) is 3. The Balaban J connectivity index is 0.00000341. The summed E-state index contributed by atoms with van der Waals surface area (Å²) in [5.74, 6) is 0.542. The maximum atomic E-state index is 13.1. The van der Waals surface area contributed by atoms with Gasteiger partial charge in [0.2, 0.25) is 0 Å². The van der Waals surface area contributed by atoms with Gasteiger partial charge in [0, 0.05) is 50.5 Å². The monoisotopic (exact) mass is 541 g/mol. The Kier molecular flexibility index (Phi) is 9.83. The van der Waals surface area contributed by atoms with E-state index < -0.39 is 0 Å². The molecular weight excluding hydrogens is 512 g/mol.